The smallest absolute Gasteiger partial charge is 0.278 e. The van der Waals surface area contributed by atoms with Crippen LogP contribution in [-0.4, -0.2) is 8.42 Å². The van der Waals surface area contributed by atoms with E-state index in [0.29, 0.717) is 24.3 Å². The quantitative estimate of drug-likeness (QED) is 0.550. The van der Waals surface area contributed by atoms with E-state index in [0.717, 1.165) is 12.1 Å². The number of nitrogens with one attached hydrogen (secondary N) is 1. The summed E-state index contributed by atoms with van der Waals surface area (Å²) in [4.78, 5) is -0.798. The van der Waals surface area contributed by atoms with Crippen molar-refractivity contribution in [3.05, 3.63) is 57.0 Å². The molecule has 0 saturated heterocycles. The third-order valence-electron chi connectivity index (χ3n) is 3.05. The second-order valence-electron chi connectivity index (χ2n) is 4.97. The molecule has 0 radical (unpaired) electrons. The summed E-state index contributed by atoms with van der Waals surface area (Å²) in [6.45, 7) is 0. The average molecular weight is 483 g/mol. The van der Waals surface area contributed by atoms with Crippen molar-refractivity contribution in [1.29, 1.82) is 0 Å². The first kappa shape index (κ1) is 20.8. The highest BCUT2D eigenvalue weighted by molar-refractivity contribution is 9.10. The van der Waals surface area contributed by atoms with E-state index in [1.54, 1.807) is 4.72 Å². The zero-order valence-electron chi connectivity index (χ0n) is 12.2. The molecule has 142 valence electrons. The van der Waals surface area contributed by atoms with E-state index in [9.17, 15) is 34.8 Å². The van der Waals surface area contributed by atoms with Gasteiger partial charge in [-0.15, -0.1) is 0 Å². The fraction of sp³-hybridized carbons (Fsp3) is 0.143. The Morgan fingerprint density at radius 3 is 2.00 bits per heavy atom. The summed E-state index contributed by atoms with van der Waals surface area (Å²) in [6.07, 6.45) is -9.58. The van der Waals surface area contributed by atoms with Gasteiger partial charge in [-0.05, 0) is 36.4 Å². The van der Waals surface area contributed by atoms with Crippen molar-refractivity contribution in [2.24, 2.45) is 0 Å². The van der Waals surface area contributed by atoms with Gasteiger partial charge in [-0.2, -0.15) is 26.3 Å². The standard InChI is InChI=1S/C14H7BrClF6NO2S/c15-9-3-8(14(20,21)22)4-10(6-9)26(24,25)23-12-5-7(13(17,18)19)1-2-11(12)16/h1-6,23H. The summed E-state index contributed by atoms with van der Waals surface area (Å²) in [6, 6.07) is 3.80. The van der Waals surface area contributed by atoms with Crippen LogP contribution in [0.25, 0.3) is 0 Å². The summed E-state index contributed by atoms with van der Waals surface area (Å²) in [7, 11) is -4.64. The number of benzene rings is 2. The second-order valence-corrected chi connectivity index (χ2v) is 7.98. The molecule has 0 bridgehead atoms. The molecule has 0 aliphatic carbocycles. The Morgan fingerprint density at radius 1 is 0.885 bits per heavy atom. The summed E-state index contributed by atoms with van der Waals surface area (Å²) in [5.74, 6) is 0. The Labute approximate surface area is 157 Å². The summed E-state index contributed by atoms with van der Waals surface area (Å²) < 4.78 is 103. The molecule has 0 atom stereocenters. The number of rotatable bonds is 3. The minimum Gasteiger partial charge on any atom is -0.278 e. The fourth-order valence-corrected chi connectivity index (χ4v) is 3.87. The molecule has 0 amide bonds. The minimum absolute atomic E-state index is 0.178. The zero-order valence-corrected chi connectivity index (χ0v) is 15.4. The molecule has 12 heteroatoms. The minimum atomic E-state index is -4.82. The lowest BCUT2D eigenvalue weighted by molar-refractivity contribution is -0.138. The number of anilines is 1. The lowest BCUT2D eigenvalue weighted by Crippen LogP contribution is -2.16. The molecule has 0 aliphatic rings. The van der Waals surface area contributed by atoms with Crippen LogP contribution >= 0.6 is 27.5 Å². The lowest BCUT2D eigenvalue weighted by atomic mass is 10.2. The molecule has 2 aromatic carbocycles. The van der Waals surface area contributed by atoms with Gasteiger partial charge in [-0.1, -0.05) is 27.5 Å². The molecule has 0 aliphatic heterocycles. The van der Waals surface area contributed by atoms with E-state index in [1.807, 2.05) is 0 Å². The van der Waals surface area contributed by atoms with Crippen LogP contribution in [0.2, 0.25) is 5.02 Å². The maximum absolute atomic E-state index is 12.8. The number of hydrogen-bond donors (Lipinski definition) is 1. The van der Waals surface area contributed by atoms with Gasteiger partial charge >= 0.3 is 12.4 Å². The highest BCUT2D eigenvalue weighted by Gasteiger charge is 2.33. The maximum atomic E-state index is 12.8. The van der Waals surface area contributed by atoms with Gasteiger partial charge in [0.2, 0.25) is 0 Å². The van der Waals surface area contributed by atoms with Crippen LogP contribution in [0, 0.1) is 0 Å². The van der Waals surface area contributed by atoms with Gasteiger partial charge in [0.15, 0.2) is 0 Å². The van der Waals surface area contributed by atoms with E-state index >= 15 is 0 Å². The second kappa shape index (κ2) is 6.93. The molecular formula is C14H7BrClF6NO2S. The number of alkyl halides is 6. The zero-order chi connectivity index (χ0) is 19.9. The number of sulfonamides is 1. The largest absolute Gasteiger partial charge is 0.416 e. The fourth-order valence-electron chi connectivity index (χ4n) is 1.87. The molecule has 0 fully saturated rings. The van der Waals surface area contributed by atoms with Crippen molar-refractivity contribution in [1.82, 2.24) is 0 Å². The third kappa shape index (κ3) is 4.83. The Balaban J connectivity index is 2.49. The van der Waals surface area contributed by atoms with Crippen molar-refractivity contribution >= 4 is 43.2 Å². The van der Waals surface area contributed by atoms with Crippen LogP contribution in [0.5, 0.6) is 0 Å². The SMILES string of the molecule is O=S(=O)(Nc1cc(C(F)(F)F)ccc1Cl)c1cc(Br)cc(C(F)(F)F)c1. The Hall–Kier alpha value is -1.46. The molecule has 1 N–H and O–H groups in total. The first-order valence-electron chi connectivity index (χ1n) is 6.47. The van der Waals surface area contributed by atoms with Crippen molar-refractivity contribution in [2.75, 3.05) is 4.72 Å². The number of hydrogen-bond acceptors (Lipinski definition) is 2. The van der Waals surface area contributed by atoms with Gasteiger partial charge in [0.05, 0.1) is 26.7 Å². The molecular weight excluding hydrogens is 476 g/mol. The van der Waals surface area contributed by atoms with Crippen LogP contribution in [0.4, 0.5) is 32.0 Å². The monoisotopic (exact) mass is 481 g/mol. The topological polar surface area (TPSA) is 46.2 Å². The van der Waals surface area contributed by atoms with E-state index in [-0.39, 0.29) is 9.50 Å². The van der Waals surface area contributed by atoms with Gasteiger partial charge in [0.25, 0.3) is 10.0 Å². The van der Waals surface area contributed by atoms with Gasteiger partial charge in [-0.25, -0.2) is 8.42 Å². The number of halogens is 8. The molecule has 2 aromatic rings. The molecule has 0 saturated carbocycles. The van der Waals surface area contributed by atoms with Crippen molar-refractivity contribution in [2.45, 2.75) is 17.2 Å². The van der Waals surface area contributed by atoms with Crippen LogP contribution in [0.1, 0.15) is 11.1 Å². The molecule has 0 unspecified atom stereocenters. The van der Waals surface area contributed by atoms with Gasteiger partial charge in [-0.3, -0.25) is 4.72 Å². The average Bonchev–Trinajstić information content (AvgIpc) is 2.46. The van der Waals surface area contributed by atoms with Gasteiger partial charge in [0, 0.05) is 4.47 Å². The van der Waals surface area contributed by atoms with Crippen LogP contribution in [0.15, 0.2) is 45.8 Å². The normalized spacial score (nSPS) is 12.9. The van der Waals surface area contributed by atoms with Crippen molar-refractivity contribution in [3.8, 4) is 0 Å². The molecule has 2 rings (SSSR count). The predicted molar refractivity (Wildman–Crippen MR) is 86.4 cm³/mol. The molecule has 0 spiro atoms. The molecule has 0 heterocycles. The summed E-state index contributed by atoms with van der Waals surface area (Å²) >= 11 is 8.46. The van der Waals surface area contributed by atoms with Crippen molar-refractivity contribution < 1.29 is 34.8 Å². The van der Waals surface area contributed by atoms with E-state index < -0.39 is 44.1 Å². The maximum Gasteiger partial charge on any atom is 0.416 e. The summed E-state index contributed by atoms with van der Waals surface area (Å²) in [5, 5.41) is -0.354. The first-order valence-corrected chi connectivity index (χ1v) is 9.13. The van der Waals surface area contributed by atoms with E-state index in [1.165, 1.54) is 0 Å². The predicted octanol–water partition coefficient (Wildman–Crippen LogP) is 5.94. The van der Waals surface area contributed by atoms with Gasteiger partial charge < -0.3 is 0 Å². The van der Waals surface area contributed by atoms with E-state index in [2.05, 4.69) is 15.9 Å². The van der Waals surface area contributed by atoms with E-state index in [4.69, 9.17) is 11.6 Å². The molecule has 26 heavy (non-hydrogen) atoms. The highest BCUT2D eigenvalue weighted by Crippen LogP contribution is 2.36. The summed E-state index contributed by atoms with van der Waals surface area (Å²) in [5.41, 5.74) is -3.04. The van der Waals surface area contributed by atoms with Crippen LogP contribution in [0.3, 0.4) is 0 Å². The van der Waals surface area contributed by atoms with Crippen LogP contribution in [-0.2, 0) is 22.4 Å². The Morgan fingerprint density at radius 2 is 1.46 bits per heavy atom. The molecule has 3 nitrogen and oxygen atoms in total. The first-order chi connectivity index (χ1) is 11.7. The lowest BCUT2D eigenvalue weighted by Gasteiger charge is -2.14. The van der Waals surface area contributed by atoms with Gasteiger partial charge in [0.1, 0.15) is 0 Å². The highest BCUT2D eigenvalue weighted by atomic mass is 79.9. The van der Waals surface area contributed by atoms with Crippen molar-refractivity contribution in [3.63, 3.8) is 0 Å². The Kier molecular flexibility index (Phi) is 5.56. The molecule has 0 aromatic heterocycles. The third-order valence-corrected chi connectivity index (χ3v) is 5.18. The van der Waals surface area contributed by atoms with Crippen LogP contribution < -0.4 is 4.72 Å². The Bertz CT molecular complexity index is 943.